The van der Waals surface area contributed by atoms with Crippen molar-refractivity contribution in [3.8, 4) is 16.9 Å². The Morgan fingerprint density at radius 3 is 2.05 bits per heavy atom. The van der Waals surface area contributed by atoms with Gasteiger partial charge in [-0.05, 0) is 47.5 Å². The number of carbonyl (C=O) groups is 2. The Bertz CT molecular complexity index is 1260. The van der Waals surface area contributed by atoms with Crippen LogP contribution in [0.25, 0.3) is 11.1 Å². The van der Waals surface area contributed by atoms with Crippen molar-refractivity contribution in [3.63, 3.8) is 0 Å². The highest BCUT2D eigenvalue weighted by atomic mass is 19.4. The summed E-state index contributed by atoms with van der Waals surface area (Å²) in [5.74, 6) is -0.164. The third kappa shape index (κ3) is 6.08. The van der Waals surface area contributed by atoms with E-state index in [2.05, 4.69) is 10.2 Å². The van der Waals surface area contributed by atoms with Gasteiger partial charge in [-0.1, -0.05) is 36.4 Å². The van der Waals surface area contributed by atoms with E-state index in [-0.39, 0.29) is 11.5 Å². The Hall–Kier alpha value is -4.05. The van der Waals surface area contributed by atoms with Gasteiger partial charge in [-0.3, -0.25) is 9.59 Å². The molecule has 38 heavy (non-hydrogen) atoms. The lowest BCUT2D eigenvalue weighted by Gasteiger charge is -2.37. The quantitative estimate of drug-likeness (QED) is 0.488. The second-order valence-corrected chi connectivity index (χ2v) is 8.85. The van der Waals surface area contributed by atoms with Gasteiger partial charge in [0, 0.05) is 31.7 Å². The highest BCUT2D eigenvalue weighted by Gasteiger charge is 2.30. The van der Waals surface area contributed by atoms with Gasteiger partial charge >= 0.3 is 6.18 Å². The first-order chi connectivity index (χ1) is 18.2. The van der Waals surface area contributed by atoms with Crippen LogP contribution in [0, 0.1) is 0 Å². The van der Waals surface area contributed by atoms with Gasteiger partial charge in [0.1, 0.15) is 11.8 Å². The number of nitrogens with one attached hydrogen (secondary N) is 1. The molecule has 0 spiro atoms. The first-order valence-electron chi connectivity index (χ1n) is 12.1. The molecular weight excluding hydrogens is 499 g/mol. The van der Waals surface area contributed by atoms with E-state index in [1.54, 1.807) is 24.1 Å². The number of hydrogen-bond acceptors (Lipinski definition) is 5. The summed E-state index contributed by atoms with van der Waals surface area (Å²) in [5, 5.41) is 12.4. The number of amides is 2. The number of hydrogen-bond donors (Lipinski definition) is 2. The van der Waals surface area contributed by atoms with Crippen molar-refractivity contribution < 1.29 is 32.6 Å². The summed E-state index contributed by atoms with van der Waals surface area (Å²) in [6, 6.07) is 17.5. The molecule has 0 bridgehead atoms. The predicted molar refractivity (Wildman–Crippen MR) is 137 cm³/mol. The number of ether oxygens (including phenoxy) is 1. The molecule has 2 amide bonds. The summed E-state index contributed by atoms with van der Waals surface area (Å²) in [6.07, 6.45) is -4.41. The number of halogens is 3. The normalized spacial score (nSPS) is 14.7. The van der Waals surface area contributed by atoms with Crippen LogP contribution in [0.15, 0.2) is 72.8 Å². The molecule has 3 aromatic carbocycles. The molecule has 1 atom stereocenters. The molecule has 1 aliphatic rings. The van der Waals surface area contributed by atoms with Gasteiger partial charge in [-0.15, -0.1) is 0 Å². The lowest BCUT2D eigenvalue weighted by Crippen LogP contribution is -2.56. The minimum absolute atomic E-state index is 0.257. The second-order valence-electron chi connectivity index (χ2n) is 8.85. The molecule has 4 rings (SSSR count). The summed E-state index contributed by atoms with van der Waals surface area (Å²) < 4.78 is 43.8. The average molecular weight is 528 g/mol. The SMILES string of the molecule is COc1ccccc1N1CCN(C(=O)[C@H](CO)NC(=O)c2ccc(-c3ccc(C(F)(F)F)cc3)cc2)CC1. The molecule has 0 aromatic heterocycles. The molecule has 0 unspecified atom stereocenters. The van der Waals surface area contributed by atoms with E-state index < -0.39 is 30.3 Å². The smallest absolute Gasteiger partial charge is 0.416 e. The number of methoxy groups -OCH3 is 1. The number of aliphatic hydroxyl groups excluding tert-OH is 1. The van der Waals surface area contributed by atoms with Crippen molar-refractivity contribution in [3.05, 3.63) is 83.9 Å². The zero-order valence-electron chi connectivity index (χ0n) is 20.7. The van der Waals surface area contributed by atoms with Gasteiger partial charge < -0.3 is 25.0 Å². The molecule has 7 nitrogen and oxygen atoms in total. The summed E-state index contributed by atoms with van der Waals surface area (Å²) in [6.45, 7) is 1.43. The van der Waals surface area contributed by atoms with Crippen LogP contribution in [0.2, 0.25) is 0 Å². The van der Waals surface area contributed by atoms with Gasteiger partial charge in [0.15, 0.2) is 0 Å². The maximum Gasteiger partial charge on any atom is 0.416 e. The number of alkyl halides is 3. The van der Waals surface area contributed by atoms with Crippen LogP contribution < -0.4 is 15.0 Å². The van der Waals surface area contributed by atoms with E-state index in [1.165, 1.54) is 24.3 Å². The van der Waals surface area contributed by atoms with Crippen molar-refractivity contribution in [1.29, 1.82) is 0 Å². The number of para-hydroxylation sites is 2. The van der Waals surface area contributed by atoms with E-state index in [9.17, 15) is 27.9 Å². The Balaban J connectivity index is 1.35. The largest absolute Gasteiger partial charge is 0.495 e. The summed E-state index contributed by atoms with van der Waals surface area (Å²) in [7, 11) is 1.61. The topological polar surface area (TPSA) is 82.1 Å². The van der Waals surface area contributed by atoms with Crippen molar-refractivity contribution in [2.75, 3.05) is 44.8 Å². The number of nitrogens with zero attached hydrogens (tertiary/aromatic N) is 2. The van der Waals surface area contributed by atoms with Crippen LogP contribution in [-0.2, 0) is 11.0 Å². The summed E-state index contributed by atoms with van der Waals surface area (Å²) in [5.41, 5.74) is 1.67. The summed E-state index contributed by atoms with van der Waals surface area (Å²) >= 11 is 0. The highest BCUT2D eigenvalue weighted by Crippen LogP contribution is 2.31. The molecule has 0 radical (unpaired) electrons. The average Bonchev–Trinajstić information content (AvgIpc) is 2.95. The van der Waals surface area contributed by atoms with Crippen LogP contribution >= 0.6 is 0 Å². The van der Waals surface area contributed by atoms with Crippen LogP contribution in [0.5, 0.6) is 5.75 Å². The van der Waals surface area contributed by atoms with Gasteiger partial charge in [0.2, 0.25) is 5.91 Å². The number of anilines is 1. The van der Waals surface area contributed by atoms with Gasteiger partial charge in [0.25, 0.3) is 5.91 Å². The van der Waals surface area contributed by atoms with E-state index in [0.717, 1.165) is 23.6 Å². The van der Waals surface area contributed by atoms with E-state index >= 15 is 0 Å². The van der Waals surface area contributed by atoms with Crippen LogP contribution in [-0.4, -0.2) is 67.8 Å². The third-order valence-electron chi connectivity index (χ3n) is 6.50. The minimum Gasteiger partial charge on any atom is -0.495 e. The molecule has 10 heteroatoms. The molecule has 1 heterocycles. The lowest BCUT2D eigenvalue weighted by atomic mass is 10.0. The fourth-order valence-electron chi connectivity index (χ4n) is 4.37. The summed E-state index contributed by atoms with van der Waals surface area (Å²) in [4.78, 5) is 29.5. The molecule has 2 N–H and O–H groups in total. The van der Waals surface area contributed by atoms with E-state index in [1.807, 2.05) is 24.3 Å². The minimum atomic E-state index is -4.41. The lowest BCUT2D eigenvalue weighted by molar-refractivity contribution is -0.137. The maximum absolute atomic E-state index is 13.0. The molecule has 200 valence electrons. The zero-order valence-corrected chi connectivity index (χ0v) is 20.7. The maximum atomic E-state index is 13.0. The van der Waals surface area contributed by atoms with Crippen molar-refractivity contribution >= 4 is 17.5 Å². The van der Waals surface area contributed by atoms with Gasteiger partial charge in [-0.25, -0.2) is 0 Å². The molecule has 1 fully saturated rings. The molecule has 3 aromatic rings. The Morgan fingerprint density at radius 1 is 0.921 bits per heavy atom. The monoisotopic (exact) mass is 527 g/mol. The first kappa shape index (κ1) is 27.0. The number of rotatable bonds is 7. The number of benzene rings is 3. The van der Waals surface area contributed by atoms with Crippen LogP contribution in [0.4, 0.5) is 18.9 Å². The van der Waals surface area contributed by atoms with Crippen LogP contribution in [0.3, 0.4) is 0 Å². The molecule has 0 saturated carbocycles. The Kier molecular flexibility index (Phi) is 8.21. The van der Waals surface area contributed by atoms with Gasteiger partial charge in [-0.2, -0.15) is 13.2 Å². The molecule has 0 aliphatic carbocycles. The Labute approximate surface area is 218 Å². The number of aliphatic hydroxyl groups is 1. The van der Waals surface area contributed by atoms with Crippen molar-refractivity contribution in [1.82, 2.24) is 10.2 Å². The van der Waals surface area contributed by atoms with Crippen molar-refractivity contribution in [2.45, 2.75) is 12.2 Å². The fraction of sp³-hybridized carbons (Fsp3) is 0.286. The van der Waals surface area contributed by atoms with E-state index in [0.29, 0.717) is 37.3 Å². The first-order valence-corrected chi connectivity index (χ1v) is 12.1. The standard InChI is InChI=1S/C28H28F3N3O4/c1-38-25-5-3-2-4-24(25)33-14-16-34(17-15-33)27(37)23(18-35)32-26(36)21-8-6-19(7-9-21)20-10-12-22(13-11-20)28(29,30)31/h2-13,23,35H,14-18H2,1H3,(H,32,36)/t23-/m0/s1. The van der Waals surface area contributed by atoms with Gasteiger partial charge in [0.05, 0.1) is 25.0 Å². The zero-order chi connectivity index (χ0) is 27.3. The Morgan fingerprint density at radius 2 is 1.50 bits per heavy atom. The predicted octanol–water partition coefficient (Wildman–Crippen LogP) is 3.82. The number of carbonyl (C=O) groups excluding carboxylic acids is 2. The third-order valence-corrected chi connectivity index (χ3v) is 6.50. The molecule has 1 saturated heterocycles. The molecule has 1 aliphatic heterocycles. The van der Waals surface area contributed by atoms with Crippen molar-refractivity contribution in [2.24, 2.45) is 0 Å². The van der Waals surface area contributed by atoms with Crippen LogP contribution in [0.1, 0.15) is 15.9 Å². The highest BCUT2D eigenvalue weighted by molar-refractivity contribution is 5.98. The van der Waals surface area contributed by atoms with E-state index in [4.69, 9.17) is 4.74 Å². The molecular formula is C28H28F3N3O4. The fourth-order valence-corrected chi connectivity index (χ4v) is 4.37. The second kappa shape index (κ2) is 11.6. The number of piperazine rings is 1.